The number of carbonyl (C=O) groups excluding carboxylic acids is 1. The van der Waals surface area contributed by atoms with Crippen molar-refractivity contribution in [3.63, 3.8) is 0 Å². The molecule has 0 saturated heterocycles. The van der Waals surface area contributed by atoms with Gasteiger partial charge in [-0.3, -0.25) is 4.79 Å². The van der Waals surface area contributed by atoms with Gasteiger partial charge in [-0.05, 0) is 83.3 Å². The predicted octanol–water partition coefficient (Wildman–Crippen LogP) is 10.4. The van der Waals surface area contributed by atoms with E-state index in [0.29, 0.717) is 38.5 Å². The maximum atomic E-state index is 14.4. The Hall–Kier alpha value is -4.00. The zero-order valence-electron chi connectivity index (χ0n) is 25.0. The minimum Gasteiger partial charge on any atom is -0.488 e. The molecule has 1 aromatic heterocycles. The molecular formula is C37H34ClFN2O2S. The highest BCUT2D eigenvalue weighted by Gasteiger charge is 2.33. The first-order valence-electron chi connectivity index (χ1n) is 14.8. The molecule has 1 N–H and O–H groups in total. The lowest BCUT2D eigenvalue weighted by Crippen LogP contribution is -2.27. The number of nitrogens with one attached hydrogen (secondary N) is 1. The van der Waals surface area contributed by atoms with E-state index in [-0.39, 0.29) is 23.7 Å². The van der Waals surface area contributed by atoms with Gasteiger partial charge in [-0.25, -0.2) is 9.38 Å². The van der Waals surface area contributed by atoms with Crippen LogP contribution in [-0.2, 0) is 19.4 Å². The van der Waals surface area contributed by atoms with Gasteiger partial charge in [0.1, 0.15) is 23.2 Å². The van der Waals surface area contributed by atoms with Crippen LogP contribution in [0.15, 0.2) is 89.9 Å². The van der Waals surface area contributed by atoms with Gasteiger partial charge in [0.25, 0.3) is 5.91 Å². The van der Waals surface area contributed by atoms with Crippen LogP contribution in [0.1, 0.15) is 59.1 Å². The summed E-state index contributed by atoms with van der Waals surface area (Å²) in [5.41, 5.74) is 3.81. The largest absolute Gasteiger partial charge is 0.488 e. The first-order valence-corrected chi connectivity index (χ1v) is 16.0. The molecule has 4 nitrogen and oxygen atoms in total. The minimum absolute atomic E-state index is 0.0854. The molecule has 1 atom stereocenters. The first kappa shape index (κ1) is 30.0. The molecule has 1 amide bonds. The lowest BCUT2D eigenvalue weighted by atomic mass is 9.72. The van der Waals surface area contributed by atoms with Crippen LogP contribution in [0, 0.1) is 17.2 Å². The summed E-state index contributed by atoms with van der Waals surface area (Å²) in [6.45, 7) is 6.94. The number of hydrogen-bond acceptors (Lipinski definition) is 4. The average molecular weight is 625 g/mol. The SMILES string of the molecule is CC(C)(C)[C@@H]1CCc2c(sc(N=Cc3c(OCc4ccccc4F)ccc4ccccc34)c2C(=O)Nc2ccc(Cl)cc2)C1. The molecule has 7 heteroatoms. The summed E-state index contributed by atoms with van der Waals surface area (Å²) in [5, 5.41) is 6.34. The van der Waals surface area contributed by atoms with Crippen molar-refractivity contribution in [1.82, 2.24) is 0 Å². The number of hydrogen-bond donors (Lipinski definition) is 1. The highest BCUT2D eigenvalue weighted by molar-refractivity contribution is 7.16. The number of thiophene rings is 1. The van der Waals surface area contributed by atoms with Crippen molar-refractivity contribution in [2.75, 3.05) is 5.32 Å². The van der Waals surface area contributed by atoms with Crippen LogP contribution in [-0.4, -0.2) is 12.1 Å². The van der Waals surface area contributed by atoms with Crippen molar-refractivity contribution < 1.29 is 13.9 Å². The van der Waals surface area contributed by atoms with Crippen LogP contribution >= 0.6 is 22.9 Å². The molecule has 0 radical (unpaired) electrons. The van der Waals surface area contributed by atoms with Gasteiger partial charge in [0, 0.05) is 32.9 Å². The lowest BCUT2D eigenvalue weighted by molar-refractivity contribution is 0.102. The van der Waals surface area contributed by atoms with Gasteiger partial charge in [-0.1, -0.05) is 80.9 Å². The molecule has 0 saturated carbocycles. The number of aliphatic imine (C=N–C) groups is 1. The molecule has 44 heavy (non-hydrogen) atoms. The molecular weight excluding hydrogens is 591 g/mol. The van der Waals surface area contributed by atoms with Gasteiger partial charge >= 0.3 is 0 Å². The van der Waals surface area contributed by atoms with Crippen molar-refractivity contribution in [3.05, 3.63) is 123 Å². The van der Waals surface area contributed by atoms with E-state index in [1.54, 1.807) is 60.0 Å². The van der Waals surface area contributed by atoms with Crippen LogP contribution in [0.3, 0.4) is 0 Å². The third kappa shape index (κ3) is 6.42. The second kappa shape index (κ2) is 12.5. The quantitative estimate of drug-likeness (QED) is 0.183. The van der Waals surface area contributed by atoms with Gasteiger partial charge in [-0.15, -0.1) is 11.3 Å². The van der Waals surface area contributed by atoms with E-state index in [1.165, 1.54) is 10.9 Å². The van der Waals surface area contributed by atoms with E-state index in [1.807, 2.05) is 36.4 Å². The van der Waals surface area contributed by atoms with Crippen LogP contribution in [0.4, 0.5) is 15.1 Å². The minimum atomic E-state index is -0.308. The number of fused-ring (bicyclic) bond motifs is 2. The number of carbonyl (C=O) groups is 1. The van der Waals surface area contributed by atoms with Crippen molar-refractivity contribution >= 4 is 56.5 Å². The molecule has 0 spiro atoms. The summed E-state index contributed by atoms with van der Waals surface area (Å²) in [5.74, 6) is 0.629. The van der Waals surface area contributed by atoms with Gasteiger partial charge in [0.05, 0.1) is 5.56 Å². The zero-order chi connectivity index (χ0) is 30.8. The van der Waals surface area contributed by atoms with Gasteiger partial charge in [0.2, 0.25) is 0 Å². The molecule has 0 unspecified atom stereocenters. The fourth-order valence-corrected chi connectivity index (χ4v) is 7.19. The monoisotopic (exact) mass is 624 g/mol. The molecule has 0 bridgehead atoms. The number of benzene rings is 4. The van der Waals surface area contributed by atoms with Crippen LogP contribution in [0.5, 0.6) is 5.75 Å². The van der Waals surface area contributed by atoms with Crippen LogP contribution < -0.4 is 10.1 Å². The highest BCUT2D eigenvalue weighted by Crippen LogP contribution is 2.45. The number of anilines is 1. The van der Waals surface area contributed by atoms with E-state index in [4.69, 9.17) is 21.3 Å². The van der Waals surface area contributed by atoms with Gasteiger partial charge in [0.15, 0.2) is 0 Å². The van der Waals surface area contributed by atoms with E-state index in [2.05, 4.69) is 26.1 Å². The summed E-state index contributed by atoms with van der Waals surface area (Å²) in [6.07, 6.45) is 4.56. The van der Waals surface area contributed by atoms with Crippen molar-refractivity contribution in [2.24, 2.45) is 16.3 Å². The van der Waals surface area contributed by atoms with E-state index in [9.17, 15) is 9.18 Å². The van der Waals surface area contributed by atoms with E-state index >= 15 is 0 Å². The molecule has 0 aliphatic heterocycles. The molecule has 224 valence electrons. The molecule has 6 rings (SSSR count). The highest BCUT2D eigenvalue weighted by atomic mass is 35.5. The van der Waals surface area contributed by atoms with Crippen LogP contribution in [0.25, 0.3) is 10.8 Å². The fraction of sp³-hybridized carbons (Fsp3) is 0.243. The summed E-state index contributed by atoms with van der Waals surface area (Å²) in [7, 11) is 0. The maximum Gasteiger partial charge on any atom is 0.259 e. The van der Waals surface area contributed by atoms with Gasteiger partial charge in [-0.2, -0.15) is 0 Å². The molecule has 1 aliphatic rings. The third-order valence-corrected chi connectivity index (χ3v) is 9.80. The third-order valence-electron chi connectivity index (χ3n) is 8.38. The second-order valence-corrected chi connectivity index (χ2v) is 13.8. The Morgan fingerprint density at radius 1 is 1.05 bits per heavy atom. The normalized spacial score (nSPS) is 15.0. The van der Waals surface area contributed by atoms with Crippen molar-refractivity contribution in [3.8, 4) is 5.75 Å². The second-order valence-electron chi connectivity index (χ2n) is 12.3. The fourth-order valence-electron chi connectivity index (χ4n) is 5.79. The van der Waals surface area contributed by atoms with Crippen molar-refractivity contribution in [1.29, 1.82) is 0 Å². The summed E-state index contributed by atoms with van der Waals surface area (Å²) in [6, 6.07) is 25.6. The first-order chi connectivity index (χ1) is 21.2. The number of nitrogens with zero attached hydrogens (tertiary/aromatic N) is 1. The Morgan fingerprint density at radius 2 is 1.80 bits per heavy atom. The Labute approximate surface area is 266 Å². The predicted molar refractivity (Wildman–Crippen MR) is 181 cm³/mol. The number of halogens is 2. The maximum absolute atomic E-state index is 14.4. The summed E-state index contributed by atoms with van der Waals surface area (Å²) in [4.78, 5) is 20.0. The Morgan fingerprint density at radius 3 is 2.57 bits per heavy atom. The Kier molecular flexibility index (Phi) is 8.57. The number of ether oxygens (including phenoxy) is 1. The molecule has 4 aromatic carbocycles. The topological polar surface area (TPSA) is 50.7 Å². The number of amides is 1. The molecule has 0 fully saturated rings. The Balaban J connectivity index is 1.40. The molecule has 1 aliphatic carbocycles. The van der Waals surface area contributed by atoms with Crippen molar-refractivity contribution in [2.45, 2.75) is 46.6 Å². The molecule has 1 heterocycles. The summed E-state index contributed by atoms with van der Waals surface area (Å²) >= 11 is 7.67. The summed E-state index contributed by atoms with van der Waals surface area (Å²) < 4.78 is 20.6. The molecule has 5 aromatic rings. The van der Waals surface area contributed by atoms with E-state index < -0.39 is 0 Å². The standard InChI is InChI=1S/C37H34ClFN2O2S/c1-37(2,3)25-13-18-29-33(20-25)44-36(34(29)35(42)41-27-16-14-26(38)15-17-27)40-21-30-28-10-6-4-8-23(28)12-19-32(30)43-22-24-9-5-7-11-31(24)39/h4-12,14-17,19,21,25H,13,18,20,22H2,1-3H3,(H,41,42)/t25-/m1/s1. The smallest absolute Gasteiger partial charge is 0.259 e. The lowest BCUT2D eigenvalue weighted by Gasteiger charge is -2.33. The van der Waals surface area contributed by atoms with Crippen LogP contribution in [0.2, 0.25) is 5.02 Å². The van der Waals surface area contributed by atoms with E-state index in [0.717, 1.165) is 41.2 Å². The van der Waals surface area contributed by atoms with Gasteiger partial charge < -0.3 is 10.1 Å². The average Bonchev–Trinajstić information content (AvgIpc) is 3.38. The number of rotatable bonds is 7. The zero-order valence-corrected chi connectivity index (χ0v) is 26.6. The Bertz CT molecular complexity index is 1860.